The Morgan fingerprint density at radius 1 is 1.24 bits per heavy atom. The van der Waals surface area contributed by atoms with Crippen LogP contribution in [0, 0.1) is 0 Å². The third-order valence-electron chi connectivity index (χ3n) is 5.25. The van der Waals surface area contributed by atoms with Crippen molar-refractivity contribution in [1.82, 2.24) is 4.90 Å². The van der Waals surface area contributed by atoms with Crippen LogP contribution in [0.4, 0.5) is 0 Å². The van der Waals surface area contributed by atoms with Gasteiger partial charge in [-0.3, -0.25) is 4.90 Å². The number of methoxy groups -OCH3 is 1. The van der Waals surface area contributed by atoms with E-state index in [0.29, 0.717) is 0 Å². The molecule has 1 aromatic carbocycles. The van der Waals surface area contributed by atoms with Crippen LogP contribution >= 0.6 is 0 Å². The van der Waals surface area contributed by atoms with Crippen molar-refractivity contribution in [3.63, 3.8) is 0 Å². The maximum atomic E-state index is 6.58. The molecule has 0 spiro atoms. The fraction of sp³-hybridized carbons (Fsp3) is 0.667. The molecule has 0 radical (unpaired) electrons. The molecular weight excluding hydrogens is 260 g/mol. The van der Waals surface area contributed by atoms with E-state index >= 15 is 0 Å². The van der Waals surface area contributed by atoms with Crippen molar-refractivity contribution < 1.29 is 4.74 Å². The first-order valence-corrected chi connectivity index (χ1v) is 8.23. The minimum atomic E-state index is 0.142. The van der Waals surface area contributed by atoms with E-state index in [1.807, 2.05) is 12.1 Å². The van der Waals surface area contributed by atoms with E-state index in [0.717, 1.165) is 25.0 Å². The Morgan fingerprint density at radius 3 is 2.38 bits per heavy atom. The molecule has 3 nitrogen and oxygen atoms in total. The second-order valence-corrected chi connectivity index (χ2v) is 6.40. The van der Waals surface area contributed by atoms with Gasteiger partial charge in [-0.15, -0.1) is 0 Å². The van der Waals surface area contributed by atoms with Crippen LogP contribution in [0.5, 0.6) is 5.75 Å². The monoisotopic (exact) mass is 290 g/mol. The molecule has 118 valence electrons. The maximum Gasteiger partial charge on any atom is 0.118 e. The zero-order valence-corrected chi connectivity index (χ0v) is 13.8. The number of benzene rings is 1. The molecule has 2 atom stereocenters. The van der Waals surface area contributed by atoms with Crippen molar-refractivity contribution in [1.29, 1.82) is 0 Å². The van der Waals surface area contributed by atoms with E-state index in [2.05, 4.69) is 30.9 Å². The third kappa shape index (κ3) is 3.78. The van der Waals surface area contributed by atoms with Crippen LogP contribution in [0.1, 0.15) is 45.1 Å². The number of likely N-dealkylation sites (tertiary alicyclic amines) is 1. The van der Waals surface area contributed by atoms with Gasteiger partial charge in [-0.25, -0.2) is 0 Å². The molecule has 2 N–H and O–H groups in total. The van der Waals surface area contributed by atoms with Gasteiger partial charge in [0.25, 0.3) is 0 Å². The summed E-state index contributed by atoms with van der Waals surface area (Å²) in [4.78, 5) is 2.60. The molecular formula is C18H30N2O. The average Bonchev–Trinajstić information content (AvgIpc) is 3.07. The predicted octanol–water partition coefficient (Wildman–Crippen LogP) is 3.22. The molecule has 2 unspecified atom stereocenters. The van der Waals surface area contributed by atoms with E-state index in [9.17, 15) is 0 Å². The highest BCUT2D eigenvalue weighted by Gasteiger charge is 2.37. The lowest BCUT2D eigenvalue weighted by atomic mass is 9.84. The van der Waals surface area contributed by atoms with E-state index in [4.69, 9.17) is 10.5 Å². The number of nitrogens with zero attached hydrogens (tertiary/aromatic N) is 1. The van der Waals surface area contributed by atoms with Gasteiger partial charge in [-0.1, -0.05) is 19.1 Å². The Hall–Kier alpha value is -1.06. The Kier molecular flexibility index (Phi) is 5.65. The number of ether oxygens (including phenoxy) is 1. The minimum Gasteiger partial charge on any atom is -0.497 e. The Bertz CT molecular complexity index is 425. The number of nitrogens with two attached hydrogens (primary N) is 1. The summed E-state index contributed by atoms with van der Waals surface area (Å²) in [5.41, 5.74) is 8.06. The maximum absolute atomic E-state index is 6.58. The standard InChI is InChI=1S/C18H30N2O/c1-4-18(2,20-13-5-6-14-20)17(19)12-9-15-7-10-16(21-3)11-8-15/h7-8,10-11,17H,4-6,9,12-14,19H2,1-3H3. The lowest BCUT2D eigenvalue weighted by molar-refractivity contribution is 0.0966. The van der Waals surface area contributed by atoms with Crippen LogP contribution < -0.4 is 10.5 Å². The van der Waals surface area contributed by atoms with Gasteiger partial charge in [0.05, 0.1) is 7.11 Å². The minimum absolute atomic E-state index is 0.142. The molecule has 1 aliphatic rings. The summed E-state index contributed by atoms with van der Waals surface area (Å²) in [6, 6.07) is 8.57. The molecule has 1 aliphatic heterocycles. The van der Waals surface area contributed by atoms with Crippen molar-refractivity contribution in [3.8, 4) is 5.75 Å². The molecule has 0 bridgehead atoms. The SMILES string of the molecule is CCC(C)(C(N)CCc1ccc(OC)cc1)N1CCCC1. The highest BCUT2D eigenvalue weighted by atomic mass is 16.5. The van der Waals surface area contributed by atoms with Crippen molar-refractivity contribution >= 4 is 0 Å². The molecule has 1 heterocycles. The smallest absolute Gasteiger partial charge is 0.118 e. The number of hydrogen-bond acceptors (Lipinski definition) is 3. The van der Waals surface area contributed by atoms with Gasteiger partial charge in [0.2, 0.25) is 0 Å². The van der Waals surface area contributed by atoms with Crippen molar-refractivity contribution in [2.75, 3.05) is 20.2 Å². The van der Waals surface area contributed by atoms with Crippen molar-refractivity contribution in [3.05, 3.63) is 29.8 Å². The third-order valence-corrected chi connectivity index (χ3v) is 5.25. The average molecular weight is 290 g/mol. The fourth-order valence-corrected chi connectivity index (χ4v) is 3.37. The number of rotatable bonds is 7. The van der Waals surface area contributed by atoms with Gasteiger partial charge in [0, 0.05) is 11.6 Å². The topological polar surface area (TPSA) is 38.5 Å². The first-order chi connectivity index (χ1) is 10.1. The Labute approximate surface area is 129 Å². The highest BCUT2D eigenvalue weighted by Crippen LogP contribution is 2.29. The van der Waals surface area contributed by atoms with Crippen molar-refractivity contribution in [2.45, 2.75) is 57.5 Å². The summed E-state index contributed by atoms with van der Waals surface area (Å²) < 4.78 is 5.20. The quantitative estimate of drug-likeness (QED) is 0.838. The van der Waals surface area contributed by atoms with Gasteiger partial charge in [-0.05, 0) is 69.8 Å². The van der Waals surface area contributed by atoms with Crippen LogP contribution in [0.2, 0.25) is 0 Å². The van der Waals surface area contributed by atoms with Gasteiger partial charge in [0.15, 0.2) is 0 Å². The normalized spacial score (nSPS) is 20.2. The Morgan fingerprint density at radius 2 is 1.86 bits per heavy atom. The zero-order valence-electron chi connectivity index (χ0n) is 13.8. The molecule has 0 amide bonds. The molecule has 0 aliphatic carbocycles. The predicted molar refractivity (Wildman–Crippen MR) is 88.8 cm³/mol. The van der Waals surface area contributed by atoms with Gasteiger partial charge in [-0.2, -0.15) is 0 Å². The molecule has 21 heavy (non-hydrogen) atoms. The highest BCUT2D eigenvalue weighted by molar-refractivity contribution is 5.27. The molecule has 0 aromatic heterocycles. The van der Waals surface area contributed by atoms with Crippen LogP contribution in [0.3, 0.4) is 0 Å². The lowest BCUT2D eigenvalue weighted by Crippen LogP contribution is -2.56. The van der Waals surface area contributed by atoms with Crippen LogP contribution in [0.25, 0.3) is 0 Å². The lowest BCUT2D eigenvalue weighted by Gasteiger charge is -2.43. The molecule has 1 saturated heterocycles. The summed E-state index contributed by atoms with van der Waals surface area (Å²) in [5, 5.41) is 0. The summed E-state index contributed by atoms with van der Waals surface area (Å²) in [6.45, 7) is 7.03. The second kappa shape index (κ2) is 7.28. The van der Waals surface area contributed by atoms with E-state index in [1.54, 1.807) is 7.11 Å². The second-order valence-electron chi connectivity index (χ2n) is 6.40. The van der Waals surface area contributed by atoms with Crippen molar-refractivity contribution in [2.24, 2.45) is 5.73 Å². The first kappa shape index (κ1) is 16.3. The largest absolute Gasteiger partial charge is 0.497 e. The van der Waals surface area contributed by atoms with E-state index < -0.39 is 0 Å². The molecule has 1 aromatic rings. The molecule has 1 fully saturated rings. The summed E-state index contributed by atoms with van der Waals surface area (Å²) in [5.74, 6) is 0.915. The van der Waals surface area contributed by atoms with Gasteiger partial charge >= 0.3 is 0 Å². The Balaban J connectivity index is 1.93. The van der Waals surface area contributed by atoms with Crippen LogP contribution in [-0.2, 0) is 6.42 Å². The fourth-order valence-electron chi connectivity index (χ4n) is 3.37. The van der Waals surface area contributed by atoms with Gasteiger partial charge in [0.1, 0.15) is 5.75 Å². The van der Waals surface area contributed by atoms with Crippen LogP contribution in [0.15, 0.2) is 24.3 Å². The number of aryl methyl sites for hydroxylation is 1. The van der Waals surface area contributed by atoms with E-state index in [1.165, 1.54) is 31.5 Å². The first-order valence-electron chi connectivity index (χ1n) is 8.23. The van der Waals surface area contributed by atoms with Gasteiger partial charge < -0.3 is 10.5 Å². The summed E-state index contributed by atoms with van der Waals surface area (Å²) in [7, 11) is 1.70. The summed E-state index contributed by atoms with van der Waals surface area (Å²) >= 11 is 0. The summed E-state index contributed by atoms with van der Waals surface area (Å²) in [6.07, 6.45) is 5.83. The molecule has 2 rings (SSSR count). The zero-order chi connectivity index (χ0) is 15.3. The molecule has 0 saturated carbocycles. The van der Waals surface area contributed by atoms with Crippen LogP contribution in [-0.4, -0.2) is 36.7 Å². The number of hydrogen-bond donors (Lipinski definition) is 1. The van der Waals surface area contributed by atoms with E-state index in [-0.39, 0.29) is 11.6 Å². The molecule has 3 heteroatoms.